The molecule has 0 aromatic heterocycles. The number of benzene rings is 2. The van der Waals surface area contributed by atoms with Crippen molar-refractivity contribution in [1.82, 2.24) is 0 Å². The zero-order valence-electron chi connectivity index (χ0n) is 23.1. The molecule has 1 fully saturated rings. The number of carbonyl (C=O) groups is 5. The van der Waals surface area contributed by atoms with Crippen LogP contribution in [-0.4, -0.2) is 67.2 Å². The molecule has 0 radical (unpaired) electrons. The van der Waals surface area contributed by atoms with Gasteiger partial charge in [0.2, 0.25) is 12.4 Å². The molecule has 1 saturated heterocycles. The summed E-state index contributed by atoms with van der Waals surface area (Å²) in [6, 6.07) is 11.8. The van der Waals surface area contributed by atoms with Crippen LogP contribution in [-0.2, 0) is 58.8 Å². The van der Waals surface area contributed by atoms with Crippen LogP contribution in [0.1, 0.15) is 33.3 Å². The Morgan fingerprint density at radius 1 is 0.738 bits per heavy atom. The van der Waals surface area contributed by atoms with E-state index in [9.17, 15) is 24.0 Å². The van der Waals surface area contributed by atoms with E-state index >= 15 is 0 Å². The molecule has 0 saturated carbocycles. The van der Waals surface area contributed by atoms with Gasteiger partial charge in [0.05, 0.1) is 22.2 Å². The van der Waals surface area contributed by atoms with Crippen molar-refractivity contribution in [3.8, 4) is 0 Å². The Balaban J connectivity index is 1.90. The van der Waals surface area contributed by atoms with Crippen LogP contribution in [0.25, 0.3) is 0 Å². The lowest BCUT2D eigenvalue weighted by Gasteiger charge is -2.43. The Hall–Kier alpha value is -3.87. The van der Waals surface area contributed by atoms with Gasteiger partial charge in [0, 0.05) is 33.4 Å². The van der Waals surface area contributed by atoms with Gasteiger partial charge >= 0.3 is 29.8 Å². The molecule has 0 spiro atoms. The van der Waals surface area contributed by atoms with Crippen LogP contribution >= 0.6 is 23.2 Å². The highest BCUT2D eigenvalue weighted by Crippen LogP contribution is 2.34. The van der Waals surface area contributed by atoms with Crippen LogP contribution in [0.4, 0.5) is 11.4 Å². The molecule has 12 nitrogen and oxygen atoms in total. The topological polar surface area (TPSA) is 153 Å². The highest BCUT2D eigenvalue weighted by molar-refractivity contribution is 6.39. The Kier molecular flexibility index (Phi) is 11.5. The number of ether oxygens (including phenoxy) is 6. The summed E-state index contributed by atoms with van der Waals surface area (Å²) in [6.45, 7) is 3.95. The van der Waals surface area contributed by atoms with Gasteiger partial charge in [0.15, 0.2) is 12.2 Å². The third-order valence-corrected chi connectivity index (χ3v) is 6.40. The molecule has 42 heavy (non-hydrogen) atoms. The van der Waals surface area contributed by atoms with Gasteiger partial charge in [0.25, 0.3) is 0 Å². The first-order valence-corrected chi connectivity index (χ1v) is 13.4. The van der Waals surface area contributed by atoms with Crippen LogP contribution in [0.5, 0.6) is 0 Å². The zero-order valence-corrected chi connectivity index (χ0v) is 24.6. The van der Waals surface area contributed by atoms with Crippen LogP contribution in [0.2, 0.25) is 10.0 Å². The predicted octanol–water partition coefficient (Wildman–Crippen LogP) is 3.91. The largest absolute Gasteiger partial charge is 0.463 e. The van der Waals surface area contributed by atoms with Crippen LogP contribution < -0.4 is 5.32 Å². The second kappa shape index (κ2) is 14.9. The van der Waals surface area contributed by atoms with E-state index in [1.807, 2.05) is 0 Å². The Bertz CT molecular complexity index is 1310. The minimum atomic E-state index is -1.64. The molecule has 226 valence electrons. The van der Waals surface area contributed by atoms with Gasteiger partial charge in [-0.1, -0.05) is 47.5 Å². The van der Waals surface area contributed by atoms with Gasteiger partial charge in [-0.25, -0.2) is 0 Å². The molecule has 1 aliphatic heterocycles. The molecule has 2 aromatic rings. The fourth-order valence-corrected chi connectivity index (χ4v) is 4.65. The normalized spacial score (nSPS) is 21.4. The van der Waals surface area contributed by atoms with E-state index in [4.69, 9.17) is 51.6 Å². The van der Waals surface area contributed by atoms with Gasteiger partial charge < -0.3 is 33.7 Å². The van der Waals surface area contributed by atoms with E-state index in [1.165, 1.54) is 0 Å². The van der Waals surface area contributed by atoms with Crippen LogP contribution in [0.3, 0.4) is 0 Å². The van der Waals surface area contributed by atoms with E-state index in [1.54, 1.807) is 42.5 Å². The lowest BCUT2D eigenvalue weighted by Crippen LogP contribution is -2.63. The molecular formula is C28H29Cl2NO11. The number of carbonyl (C=O) groups excluding carboxylic acids is 5. The van der Waals surface area contributed by atoms with Crippen molar-refractivity contribution in [3.63, 3.8) is 0 Å². The second-order valence-corrected chi connectivity index (χ2v) is 9.93. The van der Waals surface area contributed by atoms with E-state index in [0.29, 0.717) is 27.0 Å². The van der Waals surface area contributed by atoms with Crippen molar-refractivity contribution in [2.45, 2.75) is 64.8 Å². The minimum absolute atomic E-state index is 0.294. The maximum atomic E-state index is 13.2. The average Bonchev–Trinajstić information content (AvgIpc) is 2.88. The Labute approximate surface area is 251 Å². The number of anilines is 2. The smallest absolute Gasteiger partial charge is 0.312 e. The summed E-state index contributed by atoms with van der Waals surface area (Å²) in [5.74, 6) is -3.93. The summed E-state index contributed by atoms with van der Waals surface area (Å²) in [5, 5.41) is 3.83. The van der Waals surface area contributed by atoms with Gasteiger partial charge in [-0.05, 0) is 23.8 Å². The zero-order chi connectivity index (χ0) is 31.0. The molecule has 5 atom stereocenters. The Morgan fingerprint density at radius 3 is 1.90 bits per heavy atom. The first kappa shape index (κ1) is 32.6. The lowest BCUT2D eigenvalue weighted by molar-refractivity contribution is -0.300. The predicted molar refractivity (Wildman–Crippen MR) is 148 cm³/mol. The minimum Gasteiger partial charge on any atom is -0.463 e. The van der Waals surface area contributed by atoms with E-state index in [-0.39, 0.29) is 6.42 Å². The van der Waals surface area contributed by atoms with E-state index in [2.05, 4.69) is 5.32 Å². The van der Waals surface area contributed by atoms with Crippen molar-refractivity contribution in [2.75, 3.05) is 11.9 Å². The quantitative estimate of drug-likeness (QED) is 0.301. The van der Waals surface area contributed by atoms with E-state index in [0.717, 1.165) is 27.7 Å². The fourth-order valence-electron chi connectivity index (χ4n) is 4.16. The maximum absolute atomic E-state index is 13.2. The van der Waals surface area contributed by atoms with Gasteiger partial charge in [-0.2, -0.15) is 0 Å². The summed E-state index contributed by atoms with van der Waals surface area (Å²) < 4.78 is 32.4. The molecule has 0 aliphatic carbocycles. The summed E-state index contributed by atoms with van der Waals surface area (Å²) in [4.78, 5) is 60.6. The SMILES string of the molecule is CC(=O)OC[C@H]1O[C@@H](OC(=O)Cc2ccccc2Nc2c(Cl)cccc2Cl)[C@H](OC(C)=O)[C@@H](OC(C)=O)[C@H]1OC(C)=O. The first-order chi connectivity index (χ1) is 19.8. The molecule has 2 aromatic carbocycles. The number of hydrogen-bond acceptors (Lipinski definition) is 12. The number of esters is 5. The molecule has 0 amide bonds. The van der Waals surface area contributed by atoms with Crippen LogP contribution in [0, 0.1) is 0 Å². The number of halogens is 2. The van der Waals surface area contributed by atoms with Crippen molar-refractivity contribution in [3.05, 3.63) is 58.1 Å². The monoisotopic (exact) mass is 625 g/mol. The van der Waals surface area contributed by atoms with Crippen molar-refractivity contribution in [2.24, 2.45) is 0 Å². The lowest BCUT2D eigenvalue weighted by atomic mass is 9.98. The van der Waals surface area contributed by atoms with Gasteiger partial charge in [0.1, 0.15) is 12.7 Å². The number of hydrogen-bond donors (Lipinski definition) is 1. The maximum Gasteiger partial charge on any atom is 0.312 e. The molecular weight excluding hydrogens is 597 g/mol. The summed E-state index contributed by atoms with van der Waals surface area (Å²) >= 11 is 12.6. The second-order valence-electron chi connectivity index (χ2n) is 9.11. The van der Waals surface area contributed by atoms with Crippen LogP contribution in [0.15, 0.2) is 42.5 Å². The molecule has 1 aliphatic rings. The third kappa shape index (κ3) is 9.07. The summed E-state index contributed by atoms with van der Waals surface area (Å²) in [7, 11) is 0. The van der Waals surface area contributed by atoms with Crippen molar-refractivity contribution in [1.29, 1.82) is 0 Å². The molecule has 3 rings (SSSR count). The first-order valence-electron chi connectivity index (χ1n) is 12.6. The summed E-state index contributed by atoms with van der Waals surface area (Å²) in [6.07, 6.45) is -7.59. The Morgan fingerprint density at radius 2 is 1.31 bits per heavy atom. The molecule has 0 unspecified atom stereocenters. The van der Waals surface area contributed by atoms with Crippen molar-refractivity contribution < 1.29 is 52.4 Å². The van der Waals surface area contributed by atoms with E-state index < -0.39 is 67.2 Å². The summed E-state index contributed by atoms with van der Waals surface area (Å²) in [5.41, 5.74) is 1.43. The molecule has 1 heterocycles. The number of para-hydroxylation sites is 2. The van der Waals surface area contributed by atoms with Crippen molar-refractivity contribution >= 4 is 64.4 Å². The fraction of sp³-hybridized carbons (Fsp3) is 0.393. The number of nitrogens with one attached hydrogen (secondary N) is 1. The van der Waals surface area contributed by atoms with Gasteiger partial charge in [-0.15, -0.1) is 0 Å². The third-order valence-electron chi connectivity index (χ3n) is 5.77. The highest BCUT2D eigenvalue weighted by atomic mass is 35.5. The standard InChI is InChI=1S/C28H29Cl2NO11/c1-14(32)37-13-22-25(38-15(2)33)26(39-16(3)34)27(40-17(4)35)28(41-22)42-23(36)12-18-8-5-6-11-21(18)31-24-19(29)9-7-10-20(24)30/h5-11,22,25-28,31H,12-13H2,1-4H3/t22-,25+,26+,27-,28+/m1/s1. The molecule has 0 bridgehead atoms. The molecule has 1 N–H and O–H groups in total. The average molecular weight is 626 g/mol. The van der Waals surface area contributed by atoms with Gasteiger partial charge in [-0.3, -0.25) is 24.0 Å². The highest BCUT2D eigenvalue weighted by Gasteiger charge is 2.53. The molecule has 14 heteroatoms. The number of rotatable bonds is 10.